The quantitative estimate of drug-likeness (QED) is 0.178. The third-order valence-corrected chi connectivity index (χ3v) is 6.22. The Balaban J connectivity index is 1.34. The largest absolute Gasteiger partial charge is 0.389 e. The fourth-order valence-corrected chi connectivity index (χ4v) is 4.26. The average molecular weight is 403 g/mol. The van der Waals surface area contributed by atoms with E-state index in [1.54, 1.807) is 0 Å². The Labute approximate surface area is 169 Å². The lowest BCUT2D eigenvalue weighted by atomic mass is 10.1. The van der Waals surface area contributed by atoms with Gasteiger partial charge in [-0.15, -0.1) is 0 Å². The highest BCUT2D eigenvalue weighted by molar-refractivity contribution is 4.96. The smallest absolute Gasteiger partial charge is 0.0967 e. The van der Waals surface area contributed by atoms with Crippen LogP contribution in [-0.2, 0) is 0 Å². The molecular formula is C20H42N4O4. The summed E-state index contributed by atoms with van der Waals surface area (Å²) in [6.45, 7) is 7.47. The number of aliphatic hydroxyl groups excluding tert-OH is 4. The first-order valence-corrected chi connectivity index (χ1v) is 11.1. The van der Waals surface area contributed by atoms with E-state index >= 15 is 0 Å². The van der Waals surface area contributed by atoms with Gasteiger partial charge in [0.2, 0.25) is 0 Å². The lowest BCUT2D eigenvalue weighted by Crippen LogP contribution is -2.36. The van der Waals surface area contributed by atoms with Crippen molar-refractivity contribution >= 4 is 0 Å². The minimum absolute atomic E-state index is 0.0180. The molecule has 0 aromatic heterocycles. The van der Waals surface area contributed by atoms with Crippen LogP contribution < -0.4 is 21.3 Å². The van der Waals surface area contributed by atoms with E-state index in [4.69, 9.17) is 0 Å². The monoisotopic (exact) mass is 402 g/mol. The van der Waals surface area contributed by atoms with Crippen molar-refractivity contribution in [2.75, 3.05) is 26.2 Å². The molecule has 2 saturated heterocycles. The Morgan fingerprint density at radius 3 is 1.29 bits per heavy atom. The fraction of sp³-hybridized carbons (Fsp3) is 1.00. The van der Waals surface area contributed by atoms with Gasteiger partial charge in [0.05, 0.1) is 24.4 Å². The van der Waals surface area contributed by atoms with Crippen LogP contribution in [0.5, 0.6) is 0 Å². The predicted molar refractivity (Wildman–Crippen MR) is 110 cm³/mol. The van der Waals surface area contributed by atoms with Crippen molar-refractivity contribution in [1.29, 1.82) is 0 Å². The Kier molecular flexibility index (Phi) is 10.6. The normalized spacial score (nSPS) is 38.4. The molecule has 0 radical (unpaired) electrons. The first-order chi connectivity index (χ1) is 13.4. The van der Waals surface area contributed by atoms with Gasteiger partial charge in [-0.3, -0.25) is 0 Å². The standard InChI is InChI=1S/C20H42N4O4/c1-13-17(25)19(27)15(23-13)7-11-21-9-5-3-4-6-10-22-12-8-16-20(28)18(26)14(2)24-16/h13-28H,3-12H2,1-2H3/t13-,14-,15-,16-,17+,18+,19-,20-/m0/s1. The number of nitrogens with one attached hydrogen (secondary N) is 4. The Bertz CT molecular complexity index is 393. The van der Waals surface area contributed by atoms with Crippen LogP contribution >= 0.6 is 0 Å². The maximum Gasteiger partial charge on any atom is 0.0967 e. The molecule has 2 aliphatic rings. The van der Waals surface area contributed by atoms with Gasteiger partial charge in [-0.1, -0.05) is 12.8 Å². The summed E-state index contributed by atoms with van der Waals surface area (Å²) in [5, 5.41) is 52.6. The van der Waals surface area contributed by atoms with Gasteiger partial charge < -0.3 is 41.7 Å². The number of hydrogen-bond acceptors (Lipinski definition) is 8. The summed E-state index contributed by atoms with van der Waals surface area (Å²) < 4.78 is 0. The third-order valence-electron chi connectivity index (χ3n) is 6.22. The van der Waals surface area contributed by atoms with Crippen molar-refractivity contribution in [2.45, 2.75) is 101 Å². The van der Waals surface area contributed by atoms with Gasteiger partial charge >= 0.3 is 0 Å². The van der Waals surface area contributed by atoms with Gasteiger partial charge in [-0.05, 0) is 65.7 Å². The Morgan fingerprint density at radius 1 is 0.571 bits per heavy atom. The minimum atomic E-state index is -0.662. The fourth-order valence-electron chi connectivity index (χ4n) is 4.26. The molecule has 8 heteroatoms. The van der Waals surface area contributed by atoms with Crippen molar-refractivity contribution in [2.24, 2.45) is 0 Å². The van der Waals surface area contributed by atoms with Gasteiger partial charge in [0.15, 0.2) is 0 Å². The van der Waals surface area contributed by atoms with Gasteiger partial charge in [0.1, 0.15) is 0 Å². The summed E-state index contributed by atoms with van der Waals surface area (Å²) in [6, 6.07) is -0.113. The van der Waals surface area contributed by atoms with Crippen LogP contribution in [-0.4, -0.2) is 95.2 Å². The molecule has 0 unspecified atom stereocenters. The molecule has 0 aliphatic carbocycles. The van der Waals surface area contributed by atoms with E-state index in [2.05, 4.69) is 21.3 Å². The highest BCUT2D eigenvalue weighted by atomic mass is 16.3. The van der Waals surface area contributed by atoms with E-state index in [0.717, 1.165) is 51.9 Å². The molecular weight excluding hydrogens is 360 g/mol. The molecule has 28 heavy (non-hydrogen) atoms. The van der Waals surface area contributed by atoms with Gasteiger partial charge in [-0.2, -0.15) is 0 Å². The molecule has 8 nitrogen and oxygen atoms in total. The van der Waals surface area contributed by atoms with E-state index in [-0.39, 0.29) is 24.2 Å². The predicted octanol–water partition coefficient (Wildman–Crippen LogP) is -1.33. The van der Waals surface area contributed by atoms with Crippen molar-refractivity contribution in [3.05, 3.63) is 0 Å². The second-order valence-electron chi connectivity index (χ2n) is 8.58. The highest BCUT2D eigenvalue weighted by Gasteiger charge is 2.38. The van der Waals surface area contributed by atoms with E-state index < -0.39 is 24.4 Å². The van der Waals surface area contributed by atoms with Crippen LogP contribution in [0.2, 0.25) is 0 Å². The van der Waals surface area contributed by atoms with Crippen LogP contribution in [0.4, 0.5) is 0 Å². The zero-order valence-electron chi connectivity index (χ0n) is 17.5. The molecule has 0 aromatic rings. The number of aliphatic hydroxyl groups is 4. The van der Waals surface area contributed by atoms with E-state index in [0.29, 0.717) is 0 Å². The second kappa shape index (κ2) is 12.4. The number of unbranched alkanes of at least 4 members (excludes halogenated alkanes) is 3. The summed E-state index contributed by atoms with van der Waals surface area (Å²) in [7, 11) is 0. The lowest BCUT2D eigenvalue weighted by molar-refractivity contribution is 0.0293. The van der Waals surface area contributed by atoms with Crippen LogP contribution in [0.3, 0.4) is 0 Å². The zero-order chi connectivity index (χ0) is 20.5. The van der Waals surface area contributed by atoms with Crippen molar-refractivity contribution in [3.63, 3.8) is 0 Å². The Morgan fingerprint density at radius 2 is 0.964 bits per heavy atom. The number of rotatable bonds is 13. The average Bonchev–Trinajstić information content (AvgIpc) is 3.07. The van der Waals surface area contributed by atoms with Crippen LogP contribution in [0.25, 0.3) is 0 Å². The molecule has 2 aliphatic heterocycles. The topological polar surface area (TPSA) is 129 Å². The van der Waals surface area contributed by atoms with Crippen LogP contribution in [0, 0.1) is 0 Å². The maximum atomic E-state index is 9.91. The van der Waals surface area contributed by atoms with Crippen LogP contribution in [0.1, 0.15) is 52.4 Å². The molecule has 0 amide bonds. The molecule has 0 saturated carbocycles. The van der Waals surface area contributed by atoms with Gasteiger partial charge in [0, 0.05) is 24.2 Å². The first-order valence-electron chi connectivity index (χ1n) is 11.1. The van der Waals surface area contributed by atoms with E-state index in [1.807, 2.05) is 13.8 Å². The van der Waals surface area contributed by atoms with Crippen molar-refractivity contribution < 1.29 is 20.4 Å². The summed E-state index contributed by atoms with van der Waals surface area (Å²) in [5.74, 6) is 0. The van der Waals surface area contributed by atoms with Gasteiger partial charge in [0.25, 0.3) is 0 Å². The maximum absolute atomic E-state index is 9.91. The molecule has 8 atom stereocenters. The minimum Gasteiger partial charge on any atom is -0.389 e. The molecule has 0 spiro atoms. The zero-order valence-corrected chi connectivity index (χ0v) is 17.5. The van der Waals surface area contributed by atoms with Crippen LogP contribution in [0.15, 0.2) is 0 Å². The lowest BCUT2D eigenvalue weighted by Gasteiger charge is -2.16. The second-order valence-corrected chi connectivity index (χ2v) is 8.58. The summed E-state index contributed by atoms with van der Waals surface area (Å²) >= 11 is 0. The molecule has 2 heterocycles. The molecule has 0 aromatic carbocycles. The van der Waals surface area contributed by atoms with Gasteiger partial charge in [-0.25, -0.2) is 0 Å². The third kappa shape index (κ3) is 7.18. The molecule has 2 fully saturated rings. The summed E-state index contributed by atoms with van der Waals surface area (Å²) in [4.78, 5) is 0. The van der Waals surface area contributed by atoms with Crippen molar-refractivity contribution in [3.8, 4) is 0 Å². The SMILES string of the molecule is C[C@@H]1N[C@@H](CCNCCCCCCNCC[C@@H]2N[C@@H](C)[C@@H](O)[C@H]2O)[C@H](O)[C@@H]1O. The molecule has 8 N–H and O–H groups in total. The summed E-state index contributed by atoms with van der Waals surface area (Å²) in [6.07, 6.45) is 3.70. The van der Waals surface area contributed by atoms with E-state index in [9.17, 15) is 20.4 Å². The Hall–Kier alpha value is -0.320. The van der Waals surface area contributed by atoms with Crippen molar-refractivity contribution in [1.82, 2.24) is 21.3 Å². The highest BCUT2D eigenvalue weighted by Crippen LogP contribution is 2.17. The molecule has 0 bridgehead atoms. The molecule has 2 rings (SSSR count). The number of hydrogen-bond donors (Lipinski definition) is 8. The van der Waals surface area contributed by atoms with E-state index in [1.165, 1.54) is 12.8 Å². The summed E-state index contributed by atoms with van der Waals surface area (Å²) in [5.41, 5.74) is 0. The molecule has 166 valence electrons. The first kappa shape index (κ1) is 24.0.